The van der Waals surface area contributed by atoms with E-state index in [4.69, 9.17) is 0 Å². The first-order chi connectivity index (χ1) is 13.9. The minimum atomic E-state index is -1.03. The molecule has 0 bridgehead atoms. The summed E-state index contributed by atoms with van der Waals surface area (Å²) in [7, 11) is 0. The van der Waals surface area contributed by atoms with Crippen LogP contribution in [0.15, 0.2) is 76.2 Å². The lowest BCUT2D eigenvalue weighted by Gasteiger charge is -2.15. The van der Waals surface area contributed by atoms with Crippen molar-refractivity contribution >= 4 is 29.3 Å². The van der Waals surface area contributed by atoms with E-state index in [9.17, 15) is 20.0 Å². The standard InChI is InChI=1S/C22H23N3O3S/c1-15(2)12-19(22(27)28)24-14-16(13-23)21(26)25-18-10-6-7-11-20(18)29-17-8-4-3-5-9-17/h3-11,14-15,19,24H,12H2,1-2H3,(H,25,26)(H,27,28)/b16-14-. The van der Waals surface area contributed by atoms with Crippen molar-refractivity contribution in [3.8, 4) is 6.07 Å². The second-order valence-corrected chi connectivity index (χ2v) is 7.84. The number of aliphatic carboxylic acids is 1. The molecule has 2 aromatic rings. The van der Waals surface area contributed by atoms with E-state index >= 15 is 0 Å². The average Bonchev–Trinajstić information content (AvgIpc) is 2.69. The molecule has 1 unspecified atom stereocenters. The van der Waals surface area contributed by atoms with Crippen LogP contribution in [0, 0.1) is 17.2 Å². The number of carbonyl (C=O) groups is 2. The zero-order valence-electron chi connectivity index (χ0n) is 16.3. The molecule has 3 N–H and O–H groups in total. The number of nitrogens with one attached hydrogen (secondary N) is 2. The van der Waals surface area contributed by atoms with Gasteiger partial charge in [-0.25, -0.2) is 4.79 Å². The maximum absolute atomic E-state index is 12.6. The highest BCUT2D eigenvalue weighted by molar-refractivity contribution is 7.99. The lowest BCUT2D eigenvalue weighted by atomic mass is 10.0. The predicted molar refractivity (Wildman–Crippen MR) is 113 cm³/mol. The number of carbonyl (C=O) groups excluding carboxylic acids is 1. The number of nitriles is 1. The van der Waals surface area contributed by atoms with Crippen LogP contribution in [0.3, 0.4) is 0 Å². The third kappa shape index (κ3) is 7.01. The molecule has 1 amide bonds. The van der Waals surface area contributed by atoms with Gasteiger partial charge in [-0.1, -0.05) is 55.9 Å². The van der Waals surface area contributed by atoms with E-state index in [1.165, 1.54) is 18.0 Å². The number of hydrogen-bond donors (Lipinski definition) is 3. The van der Waals surface area contributed by atoms with E-state index in [-0.39, 0.29) is 11.5 Å². The Morgan fingerprint density at radius 2 is 1.79 bits per heavy atom. The number of carboxylic acid groups (broad SMARTS) is 1. The molecule has 0 aromatic heterocycles. The van der Waals surface area contributed by atoms with E-state index < -0.39 is 17.9 Å². The molecule has 6 nitrogen and oxygen atoms in total. The first-order valence-corrected chi connectivity index (χ1v) is 9.94. The fourth-order valence-corrected chi connectivity index (χ4v) is 3.43. The van der Waals surface area contributed by atoms with E-state index in [1.54, 1.807) is 12.1 Å². The van der Waals surface area contributed by atoms with E-state index in [0.29, 0.717) is 12.1 Å². The summed E-state index contributed by atoms with van der Waals surface area (Å²) in [5.74, 6) is -1.48. The molecule has 0 aliphatic rings. The van der Waals surface area contributed by atoms with Crippen LogP contribution in [0.25, 0.3) is 0 Å². The van der Waals surface area contributed by atoms with Crippen LogP contribution in [0.1, 0.15) is 20.3 Å². The third-order valence-electron chi connectivity index (χ3n) is 3.91. The SMILES string of the molecule is CC(C)CC(N/C=C(/C#N)C(=O)Nc1ccccc1Sc1ccccc1)C(=O)O. The van der Waals surface area contributed by atoms with Gasteiger partial charge in [0.15, 0.2) is 0 Å². The molecule has 0 aliphatic carbocycles. The molecule has 0 saturated heterocycles. The maximum Gasteiger partial charge on any atom is 0.326 e. The lowest BCUT2D eigenvalue weighted by Crippen LogP contribution is -2.35. The van der Waals surface area contributed by atoms with Gasteiger partial charge in [0.25, 0.3) is 5.91 Å². The quantitative estimate of drug-likeness (QED) is 0.422. The highest BCUT2D eigenvalue weighted by Crippen LogP contribution is 2.33. The van der Waals surface area contributed by atoms with Crippen molar-refractivity contribution in [2.45, 2.75) is 36.1 Å². The molecule has 1 atom stereocenters. The number of amides is 1. The van der Waals surface area contributed by atoms with Gasteiger partial charge in [0.2, 0.25) is 0 Å². The number of para-hydroxylation sites is 1. The Hall–Kier alpha value is -3.24. The van der Waals surface area contributed by atoms with Crippen molar-refractivity contribution in [3.05, 3.63) is 66.4 Å². The molecule has 0 heterocycles. The fraction of sp³-hybridized carbons (Fsp3) is 0.227. The van der Waals surface area contributed by atoms with E-state index in [2.05, 4.69) is 10.6 Å². The fourth-order valence-electron chi connectivity index (χ4n) is 2.51. The number of hydrogen-bond acceptors (Lipinski definition) is 5. The van der Waals surface area contributed by atoms with Crippen LogP contribution in [-0.4, -0.2) is 23.0 Å². The first-order valence-electron chi connectivity index (χ1n) is 9.13. The zero-order valence-corrected chi connectivity index (χ0v) is 17.1. The molecule has 0 saturated carbocycles. The van der Waals surface area contributed by atoms with Crippen LogP contribution in [0.2, 0.25) is 0 Å². The van der Waals surface area contributed by atoms with Gasteiger partial charge >= 0.3 is 5.97 Å². The second-order valence-electron chi connectivity index (χ2n) is 6.72. The molecule has 0 fully saturated rings. The van der Waals surface area contributed by atoms with Crippen LogP contribution >= 0.6 is 11.8 Å². The molecular formula is C22H23N3O3S. The third-order valence-corrected chi connectivity index (χ3v) is 4.99. The summed E-state index contributed by atoms with van der Waals surface area (Å²) in [6.45, 7) is 3.81. The van der Waals surface area contributed by atoms with Gasteiger partial charge in [-0.05, 0) is 36.6 Å². The van der Waals surface area contributed by atoms with Crippen LogP contribution < -0.4 is 10.6 Å². The van der Waals surface area contributed by atoms with E-state index in [0.717, 1.165) is 9.79 Å². The number of anilines is 1. The number of rotatable bonds is 9. The number of carboxylic acids is 1. The Morgan fingerprint density at radius 1 is 1.14 bits per heavy atom. The van der Waals surface area contributed by atoms with Gasteiger partial charge in [0.05, 0.1) is 5.69 Å². The van der Waals surface area contributed by atoms with Crippen molar-refractivity contribution in [1.29, 1.82) is 5.26 Å². The molecule has 150 valence electrons. The average molecular weight is 410 g/mol. The molecule has 29 heavy (non-hydrogen) atoms. The summed E-state index contributed by atoms with van der Waals surface area (Å²) in [5.41, 5.74) is 0.379. The second kappa shape index (κ2) is 10.9. The summed E-state index contributed by atoms with van der Waals surface area (Å²) < 4.78 is 0. The summed E-state index contributed by atoms with van der Waals surface area (Å²) in [4.78, 5) is 25.7. The topological polar surface area (TPSA) is 102 Å². The van der Waals surface area contributed by atoms with Crippen molar-refractivity contribution in [1.82, 2.24) is 5.32 Å². The monoisotopic (exact) mass is 409 g/mol. The summed E-state index contributed by atoms with van der Waals surface area (Å²) in [5, 5.41) is 24.0. The van der Waals surface area contributed by atoms with Gasteiger partial charge in [0, 0.05) is 16.0 Å². The maximum atomic E-state index is 12.6. The predicted octanol–water partition coefficient (Wildman–Crippen LogP) is 4.27. The van der Waals surface area contributed by atoms with E-state index in [1.807, 2.05) is 62.4 Å². The van der Waals surface area contributed by atoms with Crippen LogP contribution in [0.4, 0.5) is 5.69 Å². The molecule has 0 spiro atoms. The Balaban J connectivity index is 2.13. The zero-order chi connectivity index (χ0) is 21.2. The van der Waals surface area contributed by atoms with Gasteiger partial charge in [0.1, 0.15) is 17.7 Å². The van der Waals surface area contributed by atoms with Gasteiger partial charge in [-0.2, -0.15) is 5.26 Å². The van der Waals surface area contributed by atoms with Crippen molar-refractivity contribution in [2.75, 3.05) is 5.32 Å². The molecule has 7 heteroatoms. The van der Waals surface area contributed by atoms with Crippen molar-refractivity contribution in [3.63, 3.8) is 0 Å². The normalized spacial score (nSPS) is 12.1. The molecule has 2 aromatic carbocycles. The Kier molecular flexibility index (Phi) is 8.31. The minimum absolute atomic E-state index is 0.151. The highest BCUT2D eigenvalue weighted by Gasteiger charge is 2.19. The summed E-state index contributed by atoms with van der Waals surface area (Å²) in [6, 6.07) is 18.0. The van der Waals surface area contributed by atoms with Gasteiger partial charge < -0.3 is 15.7 Å². The molecular weight excluding hydrogens is 386 g/mol. The Bertz CT molecular complexity index is 920. The lowest BCUT2D eigenvalue weighted by molar-refractivity contribution is -0.139. The summed E-state index contributed by atoms with van der Waals surface area (Å²) >= 11 is 1.49. The van der Waals surface area contributed by atoms with Gasteiger partial charge in [-0.15, -0.1) is 0 Å². The van der Waals surface area contributed by atoms with Crippen LogP contribution in [-0.2, 0) is 9.59 Å². The highest BCUT2D eigenvalue weighted by atomic mass is 32.2. The Labute approximate surface area is 174 Å². The molecule has 0 aliphatic heterocycles. The van der Waals surface area contributed by atoms with Gasteiger partial charge in [-0.3, -0.25) is 4.79 Å². The van der Waals surface area contributed by atoms with Crippen molar-refractivity contribution in [2.24, 2.45) is 5.92 Å². The minimum Gasteiger partial charge on any atom is -0.480 e. The number of benzene rings is 2. The smallest absolute Gasteiger partial charge is 0.326 e. The van der Waals surface area contributed by atoms with Crippen molar-refractivity contribution < 1.29 is 14.7 Å². The number of nitrogens with zero attached hydrogens (tertiary/aromatic N) is 1. The van der Waals surface area contributed by atoms with Crippen LogP contribution in [0.5, 0.6) is 0 Å². The Morgan fingerprint density at radius 3 is 2.41 bits per heavy atom. The first kappa shape index (κ1) is 22.1. The summed E-state index contributed by atoms with van der Waals surface area (Å²) in [6.07, 6.45) is 1.55. The largest absolute Gasteiger partial charge is 0.480 e. The molecule has 0 radical (unpaired) electrons. The molecule has 2 rings (SSSR count).